The van der Waals surface area contributed by atoms with Gasteiger partial charge in [0.2, 0.25) is 0 Å². The average molecular weight is 164 g/mol. The minimum atomic E-state index is 1.16. The predicted octanol–water partition coefficient (Wildman–Crippen LogP) is 4.26. The molecule has 0 aromatic heterocycles. The Morgan fingerprint density at radius 2 is 1.17 bits per heavy atom. The fourth-order valence-corrected chi connectivity index (χ4v) is 1.37. The Balaban J connectivity index is 5.21. The van der Waals surface area contributed by atoms with Gasteiger partial charge in [0.1, 0.15) is 0 Å². The van der Waals surface area contributed by atoms with Gasteiger partial charge in [-0.05, 0) is 52.7 Å². The molecule has 0 unspecified atom stereocenters. The maximum absolute atomic E-state index is 3.99. The van der Waals surface area contributed by atoms with E-state index in [0.29, 0.717) is 0 Å². The highest BCUT2D eigenvalue weighted by Gasteiger charge is 2.03. The molecule has 0 fully saturated rings. The van der Waals surface area contributed by atoms with Crippen molar-refractivity contribution in [1.29, 1.82) is 0 Å². The van der Waals surface area contributed by atoms with Crippen molar-refractivity contribution in [3.8, 4) is 0 Å². The van der Waals surface area contributed by atoms with E-state index in [4.69, 9.17) is 0 Å². The Labute approximate surface area is 76.7 Å². The lowest BCUT2D eigenvalue weighted by Crippen LogP contribution is -1.92. The van der Waals surface area contributed by atoms with Crippen LogP contribution < -0.4 is 0 Å². The summed E-state index contributed by atoms with van der Waals surface area (Å²) >= 11 is 0. The lowest BCUT2D eigenvalue weighted by Gasteiger charge is -2.12. The third kappa shape index (κ3) is 2.69. The van der Waals surface area contributed by atoms with Crippen LogP contribution in [0.25, 0.3) is 0 Å². The first-order chi connectivity index (χ1) is 5.37. The van der Waals surface area contributed by atoms with Gasteiger partial charge in [0.25, 0.3) is 0 Å². The van der Waals surface area contributed by atoms with Gasteiger partial charge in [0.05, 0.1) is 0 Å². The molecule has 0 heterocycles. The van der Waals surface area contributed by atoms with Crippen LogP contribution in [0.1, 0.15) is 41.5 Å². The molecule has 68 valence electrons. The van der Waals surface area contributed by atoms with Gasteiger partial charge in [0, 0.05) is 0 Å². The van der Waals surface area contributed by atoms with Gasteiger partial charge in [-0.15, -0.1) is 0 Å². The first kappa shape index (κ1) is 11.2. The van der Waals surface area contributed by atoms with Crippen LogP contribution in [0.3, 0.4) is 0 Å². The van der Waals surface area contributed by atoms with Crippen molar-refractivity contribution in [3.05, 3.63) is 34.4 Å². The molecule has 0 atom stereocenters. The van der Waals surface area contributed by atoms with E-state index in [1.54, 1.807) is 0 Å². The smallest absolute Gasteiger partial charge is 0.0218 e. The predicted molar refractivity (Wildman–Crippen MR) is 57.2 cm³/mol. The van der Waals surface area contributed by atoms with Gasteiger partial charge in [-0.25, -0.2) is 0 Å². The Morgan fingerprint density at radius 1 is 0.750 bits per heavy atom. The molecule has 0 aliphatic carbocycles. The molecule has 0 heteroatoms. The van der Waals surface area contributed by atoms with Gasteiger partial charge in [-0.3, -0.25) is 0 Å². The normalized spacial score (nSPS) is 9.17. The van der Waals surface area contributed by atoms with Crippen molar-refractivity contribution < 1.29 is 0 Å². The number of allylic oxidation sites excluding steroid dienone is 5. The number of rotatable bonds is 2. The highest BCUT2D eigenvalue weighted by molar-refractivity contribution is 5.47. The van der Waals surface area contributed by atoms with E-state index in [1.165, 1.54) is 22.3 Å². The van der Waals surface area contributed by atoms with Crippen molar-refractivity contribution in [2.45, 2.75) is 41.5 Å². The fraction of sp³-hybridized carbons (Fsp3) is 0.500. The van der Waals surface area contributed by atoms with Crippen LogP contribution in [0.2, 0.25) is 0 Å². The standard InChI is InChI=1S/C12H20/c1-8(2)11(7)12(9(3)4)10(5)6/h3H2,1-2,4-7H3. The monoisotopic (exact) mass is 164 g/mol. The summed E-state index contributed by atoms with van der Waals surface area (Å²) in [5.41, 5.74) is 6.57. The molecule has 12 heavy (non-hydrogen) atoms. The zero-order chi connectivity index (χ0) is 9.89. The third-order valence-electron chi connectivity index (χ3n) is 2.05. The maximum atomic E-state index is 3.99. The van der Waals surface area contributed by atoms with E-state index in [9.17, 15) is 0 Å². The molecule has 0 nitrogen and oxygen atoms in total. The van der Waals surface area contributed by atoms with Gasteiger partial charge in [-0.2, -0.15) is 0 Å². The van der Waals surface area contributed by atoms with Crippen LogP contribution in [-0.4, -0.2) is 0 Å². The lowest BCUT2D eigenvalue weighted by molar-refractivity contribution is 1.17. The highest BCUT2D eigenvalue weighted by Crippen LogP contribution is 2.23. The van der Waals surface area contributed by atoms with Gasteiger partial charge in [-0.1, -0.05) is 23.3 Å². The fourth-order valence-electron chi connectivity index (χ4n) is 1.37. The molecule has 0 aliphatic heterocycles. The summed E-state index contributed by atoms with van der Waals surface area (Å²) in [6, 6.07) is 0. The molecule has 0 rings (SSSR count). The van der Waals surface area contributed by atoms with E-state index in [-0.39, 0.29) is 0 Å². The van der Waals surface area contributed by atoms with E-state index in [2.05, 4.69) is 48.1 Å². The second kappa shape index (κ2) is 4.30. The highest BCUT2D eigenvalue weighted by atomic mass is 14.1. The molecule has 0 N–H and O–H groups in total. The van der Waals surface area contributed by atoms with Crippen molar-refractivity contribution in [3.63, 3.8) is 0 Å². The van der Waals surface area contributed by atoms with Crippen LogP contribution in [0.4, 0.5) is 0 Å². The molecule has 0 amide bonds. The lowest BCUT2D eigenvalue weighted by atomic mass is 9.94. The first-order valence-electron chi connectivity index (χ1n) is 4.35. The minimum absolute atomic E-state index is 1.16. The molecular formula is C12H20. The molecular weight excluding hydrogens is 144 g/mol. The Bertz CT molecular complexity index is 241. The van der Waals surface area contributed by atoms with Crippen molar-refractivity contribution in [1.82, 2.24) is 0 Å². The van der Waals surface area contributed by atoms with Crippen molar-refractivity contribution >= 4 is 0 Å². The molecule has 0 saturated carbocycles. The summed E-state index contributed by atoms with van der Waals surface area (Å²) in [6.07, 6.45) is 0. The third-order valence-corrected chi connectivity index (χ3v) is 2.05. The van der Waals surface area contributed by atoms with Gasteiger partial charge in [0.15, 0.2) is 0 Å². The van der Waals surface area contributed by atoms with Crippen LogP contribution >= 0.6 is 0 Å². The number of hydrogen-bond donors (Lipinski definition) is 0. The summed E-state index contributed by atoms with van der Waals surface area (Å²) in [6.45, 7) is 16.8. The second-order valence-electron chi connectivity index (χ2n) is 3.78. The van der Waals surface area contributed by atoms with Crippen LogP contribution in [0.15, 0.2) is 34.4 Å². The quantitative estimate of drug-likeness (QED) is 0.535. The average Bonchev–Trinajstić information content (AvgIpc) is 1.85. The summed E-state index contributed by atoms with van der Waals surface area (Å²) in [5, 5.41) is 0. The summed E-state index contributed by atoms with van der Waals surface area (Å²) < 4.78 is 0. The summed E-state index contributed by atoms with van der Waals surface area (Å²) in [7, 11) is 0. The van der Waals surface area contributed by atoms with Crippen molar-refractivity contribution in [2.24, 2.45) is 0 Å². The molecule has 0 aliphatic rings. The molecule has 0 radical (unpaired) electrons. The maximum Gasteiger partial charge on any atom is -0.0218 e. The molecule has 0 bridgehead atoms. The molecule has 0 aromatic carbocycles. The zero-order valence-electron chi connectivity index (χ0n) is 9.21. The van der Waals surface area contributed by atoms with E-state index in [0.717, 1.165) is 5.57 Å². The SMILES string of the molecule is C=C(C)C(=C(C)C)C(C)=C(C)C. The summed E-state index contributed by atoms with van der Waals surface area (Å²) in [5.74, 6) is 0. The summed E-state index contributed by atoms with van der Waals surface area (Å²) in [4.78, 5) is 0. The van der Waals surface area contributed by atoms with Crippen LogP contribution in [0.5, 0.6) is 0 Å². The first-order valence-corrected chi connectivity index (χ1v) is 4.35. The minimum Gasteiger partial charge on any atom is -0.0955 e. The van der Waals surface area contributed by atoms with Crippen LogP contribution in [0, 0.1) is 0 Å². The zero-order valence-corrected chi connectivity index (χ0v) is 9.21. The molecule has 0 saturated heterocycles. The molecule has 0 spiro atoms. The Morgan fingerprint density at radius 3 is 1.25 bits per heavy atom. The Hall–Kier alpha value is -0.780. The van der Waals surface area contributed by atoms with Crippen molar-refractivity contribution in [2.75, 3.05) is 0 Å². The van der Waals surface area contributed by atoms with E-state index >= 15 is 0 Å². The second-order valence-corrected chi connectivity index (χ2v) is 3.78. The van der Waals surface area contributed by atoms with E-state index in [1.807, 2.05) is 0 Å². The van der Waals surface area contributed by atoms with Gasteiger partial charge >= 0.3 is 0 Å². The Kier molecular flexibility index (Phi) is 4.02. The van der Waals surface area contributed by atoms with E-state index < -0.39 is 0 Å². The molecule has 0 aromatic rings. The van der Waals surface area contributed by atoms with Gasteiger partial charge < -0.3 is 0 Å². The largest absolute Gasteiger partial charge is 0.0955 e. The number of hydrogen-bond acceptors (Lipinski definition) is 0. The topological polar surface area (TPSA) is 0 Å². The van der Waals surface area contributed by atoms with Crippen LogP contribution in [-0.2, 0) is 0 Å².